The lowest BCUT2D eigenvalue weighted by Gasteiger charge is -2.26. The Labute approximate surface area is 278 Å². The first-order valence-electron chi connectivity index (χ1n) is 21.2. The van der Waals surface area contributed by atoms with Gasteiger partial charge in [-0.15, -0.1) is 0 Å². The third kappa shape index (κ3) is 4.73. The monoisotopic (exact) mass is 578 g/mol. The van der Waals surface area contributed by atoms with E-state index in [0.29, 0.717) is 50.2 Å². The quantitative estimate of drug-likeness (QED) is 0.195. The maximum absolute atomic E-state index is 8.87. The van der Waals surface area contributed by atoms with E-state index in [2.05, 4.69) is 0 Å². The van der Waals surface area contributed by atoms with Gasteiger partial charge in [-0.05, 0) is 87.9 Å². The maximum atomic E-state index is 8.87. The van der Waals surface area contributed by atoms with Crippen LogP contribution in [0.2, 0.25) is 0 Å². The Morgan fingerprint density at radius 1 is 0.432 bits per heavy atom. The minimum Gasteiger partial charge on any atom is -0.456 e. The highest BCUT2D eigenvalue weighted by Crippen LogP contribution is 2.42. The number of fused-ring (bicyclic) bond motifs is 3. The molecule has 7 aromatic carbocycles. The second-order valence-electron chi connectivity index (χ2n) is 9.90. The topological polar surface area (TPSA) is 16.4 Å². The number of hydrogen-bond acceptors (Lipinski definition) is 2. The molecular formula is C42H29NO. The van der Waals surface area contributed by atoms with Crippen LogP contribution in [-0.4, -0.2) is 0 Å². The van der Waals surface area contributed by atoms with Gasteiger partial charge >= 0.3 is 0 Å². The highest BCUT2D eigenvalue weighted by Gasteiger charge is 2.17. The van der Waals surface area contributed by atoms with Crippen molar-refractivity contribution >= 4 is 39.0 Å². The SMILES string of the molecule is [2H]c1c([2H])c([2H])c(-c2ccc(N(c3ccc(-c4cc(-c5c([2H])c([2H])c([2H])c([2H])c5[2H])cc5oc6ccccc6c45)cc3)c3c([2H])c([2H])c([2H])c([2H])c3[2H])cc2)c([2H])c1[2H]. The van der Waals surface area contributed by atoms with E-state index in [1.54, 1.807) is 54.6 Å². The summed E-state index contributed by atoms with van der Waals surface area (Å²) in [7, 11) is 0. The lowest BCUT2D eigenvalue weighted by atomic mass is 9.94. The molecule has 0 amide bonds. The molecule has 1 heterocycles. The van der Waals surface area contributed by atoms with Crippen LogP contribution in [0, 0.1) is 0 Å². The zero-order valence-corrected chi connectivity index (χ0v) is 22.9. The zero-order chi connectivity index (χ0) is 42.3. The molecule has 8 aromatic rings. The average molecular weight is 579 g/mol. The first-order valence-corrected chi connectivity index (χ1v) is 13.7. The van der Waals surface area contributed by atoms with Gasteiger partial charge in [-0.1, -0.05) is 121 Å². The van der Waals surface area contributed by atoms with Gasteiger partial charge in [0.05, 0.1) is 20.6 Å². The molecular weight excluding hydrogens is 534 g/mol. The van der Waals surface area contributed by atoms with Crippen molar-refractivity contribution in [2.75, 3.05) is 4.90 Å². The molecule has 0 saturated carbocycles. The largest absolute Gasteiger partial charge is 0.456 e. The molecule has 1 aromatic heterocycles. The molecule has 0 atom stereocenters. The predicted octanol–water partition coefficient (Wildman–Crippen LogP) is 12.1. The molecule has 0 saturated heterocycles. The van der Waals surface area contributed by atoms with Crippen LogP contribution in [0.4, 0.5) is 17.1 Å². The van der Waals surface area contributed by atoms with Crippen LogP contribution in [0.15, 0.2) is 180 Å². The number of para-hydroxylation sites is 2. The van der Waals surface area contributed by atoms with E-state index in [4.69, 9.17) is 25.0 Å². The average Bonchev–Trinajstić information content (AvgIpc) is 3.62. The molecule has 0 bridgehead atoms. The van der Waals surface area contributed by atoms with Gasteiger partial charge in [0.1, 0.15) is 11.2 Å². The van der Waals surface area contributed by atoms with Crippen LogP contribution < -0.4 is 4.90 Å². The van der Waals surface area contributed by atoms with E-state index in [0.717, 1.165) is 5.39 Å². The zero-order valence-electron chi connectivity index (χ0n) is 37.9. The van der Waals surface area contributed by atoms with Crippen LogP contribution >= 0.6 is 0 Å². The van der Waals surface area contributed by atoms with E-state index in [-0.39, 0.29) is 28.9 Å². The molecule has 44 heavy (non-hydrogen) atoms. The summed E-state index contributed by atoms with van der Waals surface area (Å²) in [6.07, 6.45) is 0. The van der Waals surface area contributed by atoms with Crippen LogP contribution in [0.25, 0.3) is 55.3 Å². The second kappa shape index (κ2) is 11.1. The smallest absolute Gasteiger partial charge is 0.136 e. The van der Waals surface area contributed by atoms with Crippen LogP contribution in [-0.2, 0) is 0 Å². The van der Waals surface area contributed by atoms with Crippen molar-refractivity contribution in [3.8, 4) is 33.4 Å². The molecule has 0 N–H and O–H groups in total. The van der Waals surface area contributed by atoms with Crippen molar-refractivity contribution in [2.45, 2.75) is 0 Å². The van der Waals surface area contributed by atoms with E-state index in [9.17, 15) is 0 Å². The van der Waals surface area contributed by atoms with Crippen LogP contribution in [0.3, 0.4) is 0 Å². The fourth-order valence-corrected chi connectivity index (χ4v) is 5.34. The Kier molecular flexibility index (Phi) is 3.67. The lowest BCUT2D eigenvalue weighted by molar-refractivity contribution is 0.669. The summed E-state index contributed by atoms with van der Waals surface area (Å²) >= 11 is 0. The maximum Gasteiger partial charge on any atom is 0.136 e. The molecule has 0 fully saturated rings. The molecule has 2 nitrogen and oxygen atoms in total. The number of nitrogens with zero attached hydrogens (tertiary/aromatic N) is 1. The molecule has 2 heteroatoms. The Balaban J connectivity index is 1.33. The third-order valence-electron chi connectivity index (χ3n) is 7.33. The van der Waals surface area contributed by atoms with Crippen LogP contribution in [0.1, 0.15) is 20.6 Å². The van der Waals surface area contributed by atoms with Gasteiger partial charge in [-0.2, -0.15) is 0 Å². The minimum atomic E-state index is -0.578. The summed E-state index contributed by atoms with van der Waals surface area (Å²) in [4.78, 5) is 1.47. The highest BCUT2D eigenvalue weighted by atomic mass is 16.3. The summed E-state index contributed by atoms with van der Waals surface area (Å²) in [6.45, 7) is 0. The number of benzene rings is 7. The van der Waals surface area contributed by atoms with Gasteiger partial charge in [-0.25, -0.2) is 0 Å². The summed E-state index contributed by atoms with van der Waals surface area (Å²) in [6, 6.07) is 16.6. The Hall–Kier alpha value is -5.86. The molecule has 0 radical (unpaired) electrons. The Bertz CT molecular complexity index is 2970. The van der Waals surface area contributed by atoms with Gasteiger partial charge < -0.3 is 9.32 Å². The normalized spacial score (nSPS) is 16.0. The lowest BCUT2D eigenvalue weighted by Crippen LogP contribution is -2.09. The van der Waals surface area contributed by atoms with Gasteiger partial charge in [0.2, 0.25) is 0 Å². The van der Waals surface area contributed by atoms with Gasteiger partial charge in [0.25, 0.3) is 0 Å². The number of rotatable bonds is 6. The van der Waals surface area contributed by atoms with Gasteiger partial charge in [0.15, 0.2) is 0 Å². The fourth-order valence-electron chi connectivity index (χ4n) is 5.34. The molecule has 0 aliphatic carbocycles. The first kappa shape index (κ1) is 14.5. The first-order chi connectivity index (χ1) is 28.0. The second-order valence-corrected chi connectivity index (χ2v) is 9.90. The van der Waals surface area contributed by atoms with E-state index in [1.165, 1.54) is 17.0 Å². The third-order valence-corrected chi connectivity index (χ3v) is 7.33. The minimum absolute atomic E-state index is 0.00403. The predicted molar refractivity (Wildman–Crippen MR) is 185 cm³/mol. The van der Waals surface area contributed by atoms with Crippen molar-refractivity contribution in [1.29, 1.82) is 0 Å². The summed E-state index contributed by atoms with van der Waals surface area (Å²) in [5, 5.41) is 1.48. The van der Waals surface area contributed by atoms with Crippen molar-refractivity contribution in [1.82, 2.24) is 0 Å². The molecule has 0 spiro atoms. The standard InChI is InChI=1S/C42H29NO/c1-4-12-30(13-5-1)32-20-24-36(25-21-32)43(35-16-8-3-9-17-35)37-26-22-33(23-27-37)39-28-34(31-14-6-2-7-15-31)29-41-42(39)38-18-10-11-19-40(38)44-41/h1-29H/i1D,2D,3D,4D,5D,6D,7D,8D,9D,12D,13D,14D,15D,16D,17D. The number of hydrogen-bond donors (Lipinski definition) is 0. The Morgan fingerprint density at radius 2 is 0.977 bits per heavy atom. The van der Waals surface area contributed by atoms with E-state index >= 15 is 0 Å². The van der Waals surface area contributed by atoms with E-state index in [1.807, 2.05) is 18.2 Å². The number of anilines is 3. The fraction of sp³-hybridized carbons (Fsp3) is 0. The number of furan rings is 1. The van der Waals surface area contributed by atoms with Gasteiger partial charge in [0, 0.05) is 27.8 Å². The van der Waals surface area contributed by atoms with Crippen molar-refractivity contribution < 1.29 is 25.0 Å². The highest BCUT2D eigenvalue weighted by molar-refractivity contribution is 6.13. The van der Waals surface area contributed by atoms with E-state index < -0.39 is 78.6 Å². The van der Waals surface area contributed by atoms with Gasteiger partial charge in [-0.3, -0.25) is 0 Å². The molecule has 0 aliphatic heterocycles. The molecule has 0 aliphatic rings. The summed E-state index contributed by atoms with van der Waals surface area (Å²) in [5.41, 5.74) is 3.36. The molecule has 208 valence electrons. The van der Waals surface area contributed by atoms with Crippen molar-refractivity contribution in [2.24, 2.45) is 0 Å². The summed E-state index contributed by atoms with van der Waals surface area (Å²) in [5.74, 6) is 0. The van der Waals surface area contributed by atoms with Crippen LogP contribution in [0.5, 0.6) is 0 Å². The van der Waals surface area contributed by atoms with Crippen molar-refractivity contribution in [3.05, 3.63) is 176 Å². The molecule has 8 rings (SSSR count). The Morgan fingerprint density at radius 3 is 1.61 bits per heavy atom. The van der Waals surface area contributed by atoms with Crippen molar-refractivity contribution in [3.63, 3.8) is 0 Å². The summed E-state index contributed by atoms with van der Waals surface area (Å²) < 4.78 is 132. The molecule has 0 unspecified atom stereocenters.